The molecule has 0 atom stereocenters. The van der Waals surface area contributed by atoms with Gasteiger partial charge in [-0.1, -0.05) is 0 Å². The van der Waals surface area contributed by atoms with E-state index >= 15 is 0 Å². The van der Waals surface area contributed by atoms with Crippen LogP contribution in [-0.2, 0) is 13.2 Å². The number of hydrogen-bond donors (Lipinski definition) is 1. The molecule has 112 valence electrons. The Morgan fingerprint density at radius 1 is 1.38 bits per heavy atom. The number of carbonyl (C=O) groups is 1. The van der Waals surface area contributed by atoms with Gasteiger partial charge in [0, 0.05) is 18.8 Å². The van der Waals surface area contributed by atoms with E-state index in [0.717, 1.165) is 24.1 Å². The minimum absolute atomic E-state index is 0.0936. The predicted molar refractivity (Wildman–Crippen MR) is 65.0 cm³/mol. The minimum Gasteiger partial charge on any atom is -0.494 e. The molecular weight excluding hydrogens is 291 g/mol. The molecule has 0 aromatic carbocycles. The summed E-state index contributed by atoms with van der Waals surface area (Å²) in [4.78, 5) is 14.3. The molecule has 0 saturated carbocycles. The van der Waals surface area contributed by atoms with Gasteiger partial charge in [0.1, 0.15) is 11.4 Å². The number of ether oxygens (including phenoxy) is 1. The second kappa shape index (κ2) is 5.08. The van der Waals surface area contributed by atoms with Crippen molar-refractivity contribution in [2.45, 2.75) is 6.18 Å². The van der Waals surface area contributed by atoms with Gasteiger partial charge in [-0.25, -0.2) is 9.78 Å². The van der Waals surface area contributed by atoms with E-state index in [0.29, 0.717) is 0 Å². The Labute approximate surface area is 116 Å². The molecule has 21 heavy (non-hydrogen) atoms. The molecule has 0 amide bonds. The van der Waals surface area contributed by atoms with Crippen molar-refractivity contribution in [3.63, 3.8) is 0 Å². The molecule has 2 aromatic heterocycles. The zero-order chi connectivity index (χ0) is 15.8. The van der Waals surface area contributed by atoms with Crippen molar-refractivity contribution < 1.29 is 27.8 Å². The van der Waals surface area contributed by atoms with Gasteiger partial charge >= 0.3 is 12.1 Å². The monoisotopic (exact) mass is 301 g/mol. The van der Waals surface area contributed by atoms with Crippen LogP contribution in [0.3, 0.4) is 0 Å². The standard InChI is InChI=1S/C12H10F3N3O3/c1-18-8(11(19)20)4-7(17-18)6-3-9(21-2)10(16-5-6)12(13,14)15/h3-5H,1-2H3,(H,19,20). The molecule has 6 nitrogen and oxygen atoms in total. The highest BCUT2D eigenvalue weighted by Crippen LogP contribution is 2.36. The Morgan fingerprint density at radius 2 is 2.05 bits per heavy atom. The van der Waals surface area contributed by atoms with E-state index in [1.54, 1.807) is 0 Å². The molecule has 0 aliphatic carbocycles. The van der Waals surface area contributed by atoms with Crippen molar-refractivity contribution in [3.8, 4) is 17.0 Å². The number of aryl methyl sites for hydroxylation is 1. The maximum atomic E-state index is 12.7. The van der Waals surface area contributed by atoms with E-state index in [2.05, 4.69) is 14.8 Å². The van der Waals surface area contributed by atoms with Crippen molar-refractivity contribution in [1.82, 2.24) is 14.8 Å². The Morgan fingerprint density at radius 3 is 2.52 bits per heavy atom. The van der Waals surface area contributed by atoms with Crippen LogP contribution in [-0.4, -0.2) is 33.0 Å². The van der Waals surface area contributed by atoms with Crippen LogP contribution in [0.1, 0.15) is 16.2 Å². The lowest BCUT2D eigenvalue weighted by Gasteiger charge is -2.11. The number of aromatic nitrogens is 3. The van der Waals surface area contributed by atoms with Crippen LogP contribution in [0.5, 0.6) is 5.75 Å². The molecule has 2 rings (SSSR count). The van der Waals surface area contributed by atoms with E-state index in [4.69, 9.17) is 5.11 Å². The van der Waals surface area contributed by atoms with E-state index in [-0.39, 0.29) is 17.0 Å². The molecule has 0 saturated heterocycles. The summed E-state index contributed by atoms with van der Waals surface area (Å²) in [5, 5.41) is 12.9. The normalized spacial score (nSPS) is 11.5. The zero-order valence-electron chi connectivity index (χ0n) is 11.0. The van der Waals surface area contributed by atoms with Crippen LogP contribution < -0.4 is 4.74 Å². The zero-order valence-corrected chi connectivity index (χ0v) is 11.0. The fraction of sp³-hybridized carbons (Fsp3) is 0.250. The Kier molecular flexibility index (Phi) is 3.58. The number of carboxylic acids is 1. The number of methoxy groups -OCH3 is 1. The molecule has 0 unspecified atom stereocenters. The largest absolute Gasteiger partial charge is 0.494 e. The summed E-state index contributed by atoms with van der Waals surface area (Å²) in [6, 6.07) is 2.36. The van der Waals surface area contributed by atoms with Gasteiger partial charge in [0.25, 0.3) is 0 Å². The summed E-state index contributed by atoms with van der Waals surface area (Å²) in [5.41, 5.74) is -0.829. The van der Waals surface area contributed by atoms with Gasteiger partial charge in [0.15, 0.2) is 5.69 Å². The number of aromatic carboxylic acids is 1. The first-order chi connectivity index (χ1) is 9.74. The SMILES string of the molecule is COc1cc(-c2cc(C(=O)O)n(C)n2)cnc1C(F)(F)F. The Bertz CT molecular complexity index is 695. The van der Waals surface area contributed by atoms with Crippen LogP contribution in [0.2, 0.25) is 0 Å². The van der Waals surface area contributed by atoms with Gasteiger partial charge in [-0.3, -0.25) is 4.68 Å². The van der Waals surface area contributed by atoms with E-state index in [1.165, 1.54) is 13.1 Å². The Hall–Kier alpha value is -2.58. The van der Waals surface area contributed by atoms with Gasteiger partial charge in [-0.2, -0.15) is 18.3 Å². The van der Waals surface area contributed by atoms with Gasteiger partial charge in [0.2, 0.25) is 0 Å². The first-order valence-electron chi connectivity index (χ1n) is 5.63. The quantitative estimate of drug-likeness (QED) is 0.940. The van der Waals surface area contributed by atoms with Crippen molar-refractivity contribution in [2.24, 2.45) is 7.05 Å². The van der Waals surface area contributed by atoms with Crippen LogP contribution >= 0.6 is 0 Å². The first-order valence-corrected chi connectivity index (χ1v) is 5.63. The smallest absolute Gasteiger partial charge is 0.437 e. The highest BCUT2D eigenvalue weighted by molar-refractivity contribution is 5.87. The number of alkyl halides is 3. The van der Waals surface area contributed by atoms with Gasteiger partial charge in [0.05, 0.1) is 12.8 Å². The van der Waals surface area contributed by atoms with Gasteiger partial charge in [-0.05, 0) is 12.1 Å². The number of nitrogens with zero attached hydrogens (tertiary/aromatic N) is 3. The first kappa shape index (κ1) is 14.8. The van der Waals surface area contributed by atoms with Gasteiger partial charge in [-0.15, -0.1) is 0 Å². The molecule has 0 fully saturated rings. The molecule has 9 heteroatoms. The summed E-state index contributed by atoms with van der Waals surface area (Å²) >= 11 is 0. The molecule has 0 aliphatic heterocycles. The van der Waals surface area contributed by atoms with E-state index in [1.807, 2.05) is 0 Å². The third-order valence-electron chi connectivity index (χ3n) is 2.74. The third kappa shape index (κ3) is 2.81. The predicted octanol–water partition coefficient (Wildman–Crippen LogP) is 2.21. The van der Waals surface area contributed by atoms with E-state index < -0.39 is 23.6 Å². The second-order valence-corrected chi connectivity index (χ2v) is 4.12. The number of pyridine rings is 1. The summed E-state index contributed by atoms with van der Waals surface area (Å²) in [5.74, 6) is -1.65. The molecule has 2 aromatic rings. The number of rotatable bonds is 3. The summed E-state index contributed by atoms with van der Waals surface area (Å²) in [7, 11) is 2.51. The second-order valence-electron chi connectivity index (χ2n) is 4.12. The van der Waals surface area contributed by atoms with Crippen LogP contribution in [0.15, 0.2) is 18.3 Å². The number of carboxylic acid groups (broad SMARTS) is 1. The molecule has 1 N–H and O–H groups in total. The average Bonchev–Trinajstić information content (AvgIpc) is 2.79. The fourth-order valence-electron chi connectivity index (χ4n) is 1.76. The molecule has 0 spiro atoms. The highest BCUT2D eigenvalue weighted by Gasteiger charge is 2.36. The van der Waals surface area contributed by atoms with Crippen molar-refractivity contribution in [1.29, 1.82) is 0 Å². The topological polar surface area (TPSA) is 77.2 Å². The van der Waals surface area contributed by atoms with Crippen molar-refractivity contribution in [3.05, 3.63) is 29.7 Å². The lowest BCUT2D eigenvalue weighted by atomic mass is 10.1. The number of hydrogen-bond acceptors (Lipinski definition) is 4. The molecular formula is C12H10F3N3O3. The summed E-state index contributed by atoms with van der Waals surface area (Å²) < 4.78 is 43.9. The van der Waals surface area contributed by atoms with Crippen molar-refractivity contribution in [2.75, 3.05) is 7.11 Å². The number of halogens is 3. The van der Waals surface area contributed by atoms with Crippen LogP contribution in [0.25, 0.3) is 11.3 Å². The molecule has 2 heterocycles. The van der Waals surface area contributed by atoms with Crippen molar-refractivity contribution >= 4 is 5.97 Å². The molecule has 0 aliphatic rings. The van der Waals surface area contributed by atoms with E-state index in [9.17, 15) is 18.0 Å². The summed E-state index contributed by atoms with van der Waals surface area (Å²) in [6.45, 7) is 0. The van der Waals surface area contributed by atoms with Gasteiger partial charge < -0.3 is 9.84 Å². The van der Waals surface area contributed by atoms with Crippen LogP contribution in [0, 0.1) is 0 Å². The third-order valence-corrected chi connectivity index (χ3v) is 2.74. The maximum Gasteiger partial charge on any atom is 0.437 e. The Balaban J connectivity index is 2.51. The minimum atomic E-state index is -4.64. The maximum absolute atomic E-state index is 12.7. The fourth-order valence-corrected chi connectivity index (χ4v) is 1.76. The lowest BCUT2D eigenvalue weighted by Crippen LogP contribution is -2.10. The summed E-state index contributed by atoms with van der Waals surface area (Å²) in [6.07, 6.45) is -3.67. The highest BCUT2D eigenvalue weighted by atomic mass is 19.4. The van der Waals surface area contributed by atoms with Crippen LogP contribution in [0.4, 0.5) is 13.2 Å². The molecule has 0 radical (unpaired) electrons. The average molecular weight is 301 g/mol. The lowest BCUT2D eigenvalue weighted by molar-refractivity contribution is -0.142. The molecule has 0 bridgehead atoms.